The molecule has 1 aliphatic carbocycles. The highest BCUT2D eigenvalue weighted by atomic mass is 32.2. The number of hydrogen-bond acceptors (Lipinski definition) is 4. The Morgan fingerprint density at radius 1 is 1.56 bits per heavy atom. The summed E-state index contributed by atoms with van der Waals surface area (Å²) < 4.78 is 31.6. The van der Waals surface area contributed by atoms with Gasteiger partial charge < -0.3 is 9.73 Å². The quantitative estimate of drug-likeness (QED) is 0.759. The normalized spacial score (nSPS) is 16.1. The molecule has 1 heterocycles. The number of nitrogens with zero attached hydrogens (tertiary/aromatic N) is 1. The van der Waals surface area contributed by atoms with Crippen LogP contribution in [0, 0.1) is 0 Å². The number of rotatable bonds is 7. The molecule has 100 valence electrons. The molecule has 1 saturated carbocycles. The van der Waals surface area contributed by atoms with Gasteiger partial charge in [0, 0.05) is 12.6 Å². The Hall–Kier alpha value is -1.11. The van der Waals surface area contributed by atoms with Gasteiger partial charge in [0.05, 0.1) is 6.54 Å². The number of furan rings is 1. The monoisotopic (exact) mass is 270 g/mol. The van der Waals surface area contributed by atoms with Crippen molar-refractivity contribution in [3.8, 4) is 0 Å². The molecule has 0 amide bonds. The third-order valence-corrected chi connectivity index (χ3v) is 4.61. The van der Waals surface area contributed by atoms with Crippen LogP contribution in [0.2, 0.25) is 0 Å². The van der Waals surface area contributed by atoms with Crippen LogP contribution >= 0.6 is 0 Å². The fourth-order valence-corrected chi connectivity index (χ4v) is 3.40. The Kier molecular flexibility index (Phi) is 3.89. The molecule has 5 nitrogen and oxygen atoms in total. The second-order valence-electron chi connectivity index (χ2n) is 4.35. The second kappa shape index (κ2) is 5.26. The molecule has 0 bridgehead atoms. The molecule has 1 aromatic heterocycles. The van der Waals surface area contributed by atoms with Crippen molar-refractivity contribution in [2.24, 2.45) is 0 Å². The van der Waals surface area contributed by atoms with Crippen LogP contribution in [0.4, 0.5) is 0 Å². The molecule has 0 atom stereocenters. The first-order valence-corrected chi connectivity index (χ1v) is 7.39. The lowest BCUT2D eigenvalue weighted by molar-refractivity contribution is 0.373. The van der Waals surface area contributed by atoms with Gasteiger partial charge in [0.25, 0.3) is 10.0 Å². The van der Waals surface area contributed by atoms with E-state index in [0.29, 0.717) is 18.8 Å². The van der Waals surface area contributed by atoms with Gasteiger partial charge in [-0.25, -0.2) is 8.42 Å². The molecule has 18 heavy (non-hydrogen) atoms. The molecule has 0 saturated heterocycles. The summed E-state index contributed by atoms with van der Waals surface area (Å²) >= 11 is 0. The van der Waals surface area contributed by atoms with Crippen molar-refractivity contribution >= 4 is 10.0 Å². The molecule has 2 rings (SSSR count). The molecule has 1 N–H and O–H groups in total. The number of nitrogens with one attached hydrogen (secondary N) is 1. The average molecular weight is 270 g/mol. The smallest absolute Gasteiger partial charge is 0.276 e. The summed E-state index contributed by atoms with van der Waals surface area (Å²) in [7, 11) is -1.75. The van der Waals surface area contributed by atoms with E-state index >= 15 is 0 Å². The zero-order chi connectivity index (χ0) is 13.2. The van der Waals surface area contributed by atoms with Gasteiger partial charge in [0.2, 0.25) is 5.09 Å². The third kappa shape index (κ3) is 2.66. The first-order chi connectivity index (χ1) is 8.59. The molecule has 6 heteroatoms. The average Bonchev–Trinajstić information content (AvgIpc) is 3.05. The lowest BCUT2D eigenvalue weighted by Crippen LogP contribution is -2.33. The van der Waals surface area contributed by atoms with Gasteiger partial charge in [-0.05, 0) is 32.0 Å². The van der Waals surface area contributed by atoms with Crippen LogP contribution in [0.3, 0.4) is 0 Å². The van der Waals surface area contributed by atoms with Gasteiger partial charge in [0.15, 0.2) is 0 Å². The Bertz CT molecular complexity index is 517. The molecular formula is C12H18N2O3S. The van der Waals surface area contributed by atoms with E-state index in [9.17, 15) is 8.42 Å². The third-order valence-electron chi connectivity index (χ3n) is 2.81. The van der Waals surface area contributed by atoms with Crippen LogP contribution in [-0.4, -0.2) is 32.4 Å². The standard InChI is InChI=1S/C12H18N2O3S/c1-3-8-14(10-4-5-10)18(15,16)12-7-6-11(17-12)9-13-2/h3,6-7,10,13H,1,4-5,8-9H2,2H3. The molecule has 1 aliphatic rings. The Morgan fingerprint density at radius 3 is 2.83 bits per heavy atom. The van der Waals surface area contributed by atoms with Gasteiger partial charge >= 0.3 is 0 Å². The Labute approximate surface area is 108 Å². The molecular weight excluding hydrogens is 252 g/mol. The molecule has 0 aromatic carbocycles. The fraction of sp³-hybridized carbons (Fsp3) is 0.500. The minimum atomic E-state index is -3.53. The van der Waals surface area contributed by atoms with Crippen molar-refractivity contribution in [3.05, 3.63) is 30.5 Å². The topological polar surface area (TPSA) is 62.6 Å². The van der Waals surface area contributed by atoms with Gasteiger partial charge in [-0.3, -0.25) is 0 Å². The summed E-state index contributed by atoms with van der Waals surface area (Å²) in [5.74, 6) is 0.616. The van der Waals surface area contributed by atoms with Gasteiger partial charge in [0.1, 0.15) is 5.76 Å². The van der Waals surface area contributed by atoms with Gasteiger partial charge in [-0.15, -0.1) is 6.58 Å². The predicted octanol–water partition coefficient (Wildman–Crippen LogP) is 1.34. The maximum atomic E-state index is 12.4. The van der Waals surface area contributed by atoms with Crippen LogP contribution < -0.4 is 5.32 Å². The fourth-order valence-electron chi connectivity index (χ4n) is 1.81. The zero-order valence-corrected chi connectivity index (χ0v) is 11.2. The van der Waals surface area contributed by atoms with Crippen molar-refractivity contribution in [3.63, 3.8) is 0 Å². The van der Waals surface area contributed by atoms with Crippen molar-refractivity contribution < 1.29 is 12.8 Å². The molecule has 1 aromatic rings. The van der Waals surface area contributed by atoms with Crippen molar-refractivity contribution in [1.82, 2.24) is 9.62 Å². The van der Waals surface area contributed by atoms with E-state index in [1.165, 1.54) is 10.4 Å². The van der Waals surface area contributed by atoms with Crippen molar-refractivity contribution in [2.75, 3.05) is 13.6 Å². The predicted molar refractivity (Wildman–Crippen MR) is 68.6 cm³/mol. The first kappa shape index (κ1) is 13.3. The summed E-state index contributed by atoms with van der Waals surface area (Å²) in [6, 6.07) is 3.30. The van der Waals surface area contributed by atoms with Crippen molar-refractivity contribution in [2.45, 2.75) is 30.5 Å². The minimum absolute atomic E-state index is 0.0153. The van der Waals surface area contributed by atoms with Crippen LogP contribution in [-0.2, 0) is 16.6 Å². The highest BCUT2D eigenvalue weighted by molar-refractivity contribution is 7.89. The first-order valence-electron chi connectivity index (χ1n) is 5.95. The molecule has 0 radical (unpaired) electrons. The Morgan fingerprint density at radius 2 is 2.28 bits per heavy atom. The summed E-state index contributed by atoms with van der Waals surface area (Å²) in [6.07, 6.45) is 3.43. The van der Waals surface area contributed by atoms with Crippen molar-refractivity contribution in [1.29, 1.82) is 0 Å². The molecule has 0 aliphatic heterocycles. The maximum Gasteiger partial charge on any atom is 0.276 e. The van der Waals surface area contributed by atoms with E-state index in [1.54, 1.807) is 19.2 Å². The zero-order valence-electron chi connectivity index (χ0n) is 10.4. The van der Waals surface area contributed by atoms with E-state index in [1.807, 2.05) is 0 Å². The van der Waals surface area contributed by atoms with E-state index in [4.69, 9.17) is 4.42 Å². The van der Waals surface area contributed by atoms with Crippen LogP contribution in [0.25, 0.3) is 0 Å². The second-order valence-corrected chi connectivity index (χ2v) is 6.17. The van der Waals surface area contributed by atoms with Crippen LogP contribution in [0.15, 0.2) is 34.3 Å². The number of hydrogen-bond donors (Lipinski definition) is 1. The summed E-state index contributed by atoms with van der Waals surface area (Å²) in [5.41, 5.74) is 0. The van der Waals surface area contributed by atoms with E-state index in [2.05, 4.69) is 11.9 Å². The molecule has 0 spiro atoms. The number of sulfonamides is 1. The van der Waals surface area contributed by atoms with Crippen LogP contribution in [0.5, 0.6) is 0 Å². The summed E-state index contributed by atoms with van der Waals surface area (Å²) in [6.45, 7) is 4.45. The lowest BCUT2D eigenvalue weighted by Gasteiger charge is -2.18. The van der Waals surface area contributed by atoms with E-state index in [0.717, 1.165) is 12.8 Å². The van der Waals surface area contributed by atoms with Gasteiger partial charge in [-0.1, -0.05) is 6.08 Å². The SMILES string of the molecule is C=CCN(C1CC1)S(=O)(=O)c1ccc(CNC)o1. The minimum Gasteiger partial charge on any atom is -0.447 e. The molecule has 1 fully saturated rings. The van der Waals surface area contributed by atoms with E-state index < -0.39 is 10.0 Å². The summed E-state index contributed by atoms with van der Waals surface area (Å²) in [4.78, 5) is 0. The van der Waals surface area contributed by atoms with E-state index in [-0.39, 0.29) is 11.1 Å². The largest absolute Gasteiger partial charge is 0.447 e. The van der Waals surface area contributed by atoms with Crippen LogP contribution in [0.1, 0.15) is 18.6 Å². The highest BCUT2D eigenvalue weighted by Gasteiger charge is 2.38. The lowest BCUT2D eigenvalue weighted by atomic mass is 10.4. The highest BCUT2D eigenvalue weighted by Crippen LogP contribution is 2.32. The molecule has 0 unspecified atom stereocenters. The maximum absolute atomic E-state index is 12.4. The summed E-state index contributed by atoms with van der Waals surface area (Å²) in [5, 5.41) is 2.94. The van der Waals surface area contributed by atoms with Gasteiger partial charge in [-0.2, -0.15) is 4.31 Å². The Balaban J connectivity index is 2.24.